The van der Waals surface area contributed by atoms with E-state index < -0.39 is 0 Å². The molecule has 0 bridgehead atoms. The lowest BCUT2D eigenvalue weighted by Crippen LogP contribution is -2.54. The van der Waals surface area contributed by atoms with Crippen LogP contribution in [0.3, 0.4) is 0 Å². The maximum absolute atomic E-state index is 12.5. The van der Waals surface area contributed by atoms with Gasteiger partial charge in [-0.05, 0) is 37.5 Å². The summed E-state index contributed by atoms with van der Waals surface area (Å²) in [7, 11) is 0. The standard InChI is InChI=1S/C23H26N6OS/c1-15-8-9-18(16(2)12-15)24-21(30)14-31-23-26-25-22-20-13-19(17-6-4-3-5-7-17)27-29(20)11-10-28(22)23/h3-12,19-20,22,25,27H,13-14H2,1-2H3,(H,24,30). The number of rotatable bonds is 4. The van der Waals surface area contributed by atoms with Gasteiger partial charge in [-0.15, -0.1) is 0 Å². The van der Waals surface area contributed by atoms with Crippen molar-refractivity contribution in [2.75, 3.05) is 11.1 Å². The highest BCUT2D eigenvalue weighted by molar-refractivity contribution is 8.14. The number of aryl methyl sites for hydroxylation is 2. The van der Waals surface area contributed by atoms with Crippen molar-refractivity contribution in [3.8, 4) is 0 Å². The summed E-state index contributed by atoms with van der Waals surface area (Å²) in [5, 5.41) is 10.5. The van der Waals surface area contributed by atoms with Crippen LogP contribution in [0.25, 0.3) is 0 Å². The van der Waals surface area contributed by atoms with Crippen LogP contribution < -0.4 is 16.2 Å². The second-order valence-corrected chi connectivity index (χ2v) is 9.07. The van der Waals surface area contributed by atoms with Crippen molar-refractivity contribution in [2.24, 2.45) is 5.10 Å². The number of hydrogen-bond acceptors (Lipinski definition) is 7. The lowest BCUT2D eigenvalue weighted by Gasteiger charge is -2.36. The van der Waals surface area contributed by atoms with Crippen molar-refractivity contribution >= 4 is 28.5 Å². The van der Waals surface area contributed by atoms with Crippen molar-refractivity contribution in [2.45, 2.75) is 38.5 Å². The van der Waals surface area contributed by atoms with E-state index in [4.69, 9.17) is 0 Å². The number of amides is 1. The molecule has 1 amide bonds. The van der Waals surface area contributed by atoms with Gasteiger partial charge in [0.15, 0.2) is 5.17 Å². The number of carbonyl (C=O) groups is 1. The predicted octanol–water partition coefficient (Wildman–Crippen LogP) is 3.28. The number of hydrazone groups is 1. The number of hydrazine groups is 1. The summed E-state index contributed by atoms with van der Waals surface area (Å²) < 4.78 is 0. The Morgan fingerprint density at radius 2 is 2.03 bits per heavy atom. The highest BCUT2D eigenvalue weighted by Gasteiger charge is 2.44. The zero-order valence-corrected chi connectivity index (χ0v) is 18.4. The van der Waals surface area contributed by atoms with Gasteiger partial charge >= 0.3 is 0 Å². The fourth-order valence-electron chi connectivity index (χ4n) is 4.32. The molecule has 0 saturated carbocycles. The molecule has 0 radical (unpaired) electrons. The van der Waals surface area contributed by atoms with Gasteiger partial charge in [-0.3, -0.25) is 10.2 Å². The minimum Gasteiger partial charge on any atom is -0.325 e. The fraction of sp³-hybridized carbons (Fsp3) is 0.304. The molecule has 0 aromatic heterocycles. The molecule has 3 heterocycles. The van der Waals surface area contributed by atoms with Crippen LogP contribution in [0.5, 0.6) is 0 Å². The lowest BCUT2D eigenvalue weighted by molar-refractivity contribution is -0.113. The molecular weight excluding hydrogens is 408 g/mol. The monoisotopic (exact) mass is 434 g/mol. The van der Waals surface area contributed by atoms with Crippen LogP contribution in [0.4, 0.5) is 5.69 Å². The van der Waals surface area contributed by atoms with Crippen molar-refractivity contribution in [1.82, 2.24) is 20.8 Å². The highest BCUT2D eigenvalue weighted by atomic mass is 32.2. The Hall–Kier alpha value is -2.97. The summed E-state index contributed by atoms with van der Waals surface area (Å²) in [6.45, 7) is 4.05. The summed E-state index contributed by atoms with van der Waals surface area (Å²) in [6, 6.07) is 17.1. The molecule has 3 aliphatic heterocycles. The molecule has 2 aromatic rings. The Morgan fingerprint density at radius 3 is 2.84 bits per heavy atom. The van der Waals surface area contributed by atoms with Crippen LogP contribution >= 0.6 is 11.8 Å². The number of amidine groups is 1. The van der Waals surface area contributed by atoms with E-state index in [1.807, 2.05) is 38.2 Å². The number of benzene rings is 2. The number of fused-ring (bicyclic) bond motifs is 3. The molecule has 1 fully saturated rings. The first-order valence-electron chi connectivity index (χ1n) is 10.5. The Kier molecular flexibility index (Phi) is 5.33. The molecule has 160 valence electrons. The van der Waals surface area contributed by atoms with E-state index in [1.54, 1.807) is 0 Å². The maximum atomic E-state index is 12.5. The number of thioether (sulfide) groups is 1. The number of anilines is 1. The smallest absolute Gasteiger partial charge is 0.234 e. The van der Waals surface area contributed by atoms with Crippen LogP contribution in [-0.4, -0.2) is 38.9 Å². The number of nitrogens with one attached hydrogen (secondary N) is 3. The van der Waals surface area contributed by atoms with Gasteiger partial charge in [0.25, 0.3) is 0 Å². The van der Waals surface area contributed by atoms with E-state index >= 15 is 0 Å². The fourth-order valence-corrected chi connectivity index (χ4v) is 5.10. The van der Waals surface area contributed by atoms with Gasteiger partial charge < -0.3 is 15.2 Å². The molecule has 0 spiro atoms. The van der Waals surface area contributed by atoms with Gasteiger partial charge in [-0.1, -0.05) is 59.8 Å². The summed E-state index contributed by atoms with van der Waals surface area (Å²) in [4.78, 5) is 14.6. The predicted molar refractivity (Wildman–Crippen MR) is 125 cm³/mol. The van der Waals surface area contributed by atoms with Crippen LogP contribution in [-0.2, 0) is 4.79 Å². The number of carbonyl (C=O) groups excluding carboxylic acids is 1. The molecule has 0 aliphatic carbocycles. The molecule has 5 rings (SSSR count). The van der Waals surface area contributed by atoms with Gasteiger partial charge in [0.2, 0.25) is 5.91 Å². The Bertz CT molecular complexity index is 1040. The first-order chi connectivity index (χ1) is 15.1. The van der Waals surface area contributed by atoms with E-state index in [0.29, 0.717) is 5.75 Å². The maximum Gasteiger partial charge on any atom is 0.234 e. The summed E-state index contributed by atoms with van der Waals surface area (Å²) >= 11 is 1.45. The van der Waals surface area contributed by atoms with Crippen LogP contribution in [0.15, 0.2) is 66.0 Å². The second kappa shape index (κ2) is 8.28. The number of nitrogens with zero attached hydrogens (tertiary/aromatic N) is 3. The quantitative estimate of drug-likeness (QED) is 0.686. The summed E-state index contributed by atoms with van der Waals surface area (Å²) in [6.07, 6.45) is 5.11. The minimum absolute atomic E-state index is 0.0302. The van der Waals surface area contributed by atoms with Gasteiger partial charge in [0, 0.05) is 18.1 Å². The third kappa shape index (κ3) is 4.00. The van der Waals surface area contributed by atoms with Crippen LogP contribution in [0.2, 0.25) is 0 Å². The van der Waals surface area contributed by atoms with E-state index in [-0.39, 0.29) is 24.2 Å². The topological polar surface area (TPSA) is 72.0 Å². The Labute approximate surface area is 186 Å². The molecule has 3 unspecified atom stereocenters. The third-order valence-corrected chi connectivity index (χ3v) is 6.86. The molecule has 31 heavy (non-hydrogen) atoms. The normalized spacial score (nSPS) is 23.8. The largest absolute Gasteiger partial charge is 0.325 e. The zero-order chi connectivity index (χ0) is 21.4. The summed E-state index contributed by atoms with van der Waals surface area (Å²) in [5.41, 5.74) is 11.2. The van der Waals surface area contributed by atoms with Gasteiger partial charge in [-0.25, -0.2) is 5.43 Å². The molecule has 1 saturated heterocycles. The molecule has 3 aliphatic rings. The summed E-state index contributed by atoms with van der Waals surface area (Å²) in [5.74, 6) is 0.279. The average molecular weight is 435 g/mol. The van der Waals surface area contributed by atoms with E-state index in [0.717, 1.165) is 22.8 Å². The van der Waals surface area contributed by atoms with Gasteiger partial charge in [0.05, 0.1) is 17.8 Å². The van der Waals surface area contributed by atoms with Crippen LogP contribution in [0, 0.1) is 13.8 Å². The van der Waals surface area contributed by atoms with Crippen molar-refractivity contribution in [1.29, 1.82) is 0 Å². The first kappa shape index (κ1) is 20.0. The minimum atomic E-state index is -0.0302. The second-order valence-electron chi connectivity index (χ2n) is 8.13. The van der Waals surface area contributed by atoms with Gasteiger partial charge in [-0.2, -0.15) is 5.10 Å². The number of hydrogen-bond donors (Lipinski definition) is 3. The Morgan fingerprint density at radius 1 is 1.19 bits per heavy atom. The van der Waals surface area contributed by atoms with Crippen molar-refractivity contribution in [3.63, 3.8) is 0 Å². The van der Waals surface area contributed by atoms with Gasteiger partial charge in [0.1, 0.15) is 6.17 Å². The molecule has 2 aromatic carbocycles. The molecular formula is C23H26N6OS. The lowest BCUT2D eigenvalue weighted by atomic mass is 10.00. The molecule has 3 N–H and O–H groups in total. The first-order valence-corrected chi connectivity index (χ1v) is 11.5. The van der Waals surface area contributed by atoms with E-state index in [1.165, 1.54) is 22.9 Å². The third-order valence-electron chi connectivity index (χ3n) is 5.90. The molecule has 8 heteroatoms. The van der Waals surface area contributed by atoms with E-state index in [9.17, 15) is 4.79 Å². The SMILES string of the molecule is Cc1ccc(NC(=O)CSC2=NNC3C4CC(c5ccccc5)NN4C=CN23)c(C)c1. The van der Waals surface area contributed by atoms with Crippen LogP contribution in [0.1, 0.15) is 29.2 Å². The molecule has 3 atom stereocenters. The van der Waals surface area contributed by atoms with E-state index in [2.05, 4.69) is 67.7 Å². The highest BCUT2D eigenvalue weighted by Crippen LogP contribution is 2.35. The van der Waals surface area contributed by atoms with Crippen molar-refractivity contribution in [3.05, 3.63) is 77.6 Å². The van der Waals surface area contributed by atoms with Crippen molar-refractivity contribution < 1.29 is 4.79 Å². The zero-order valence-electron chi connectivity index (χ0n) is 17.6. The average Bonchev–Trinajstić information content (AvgIpc) is 3.39. The Balaban J connectivity index is 1.18. The molecule has 7 nitrogen and oxygen atoms in total.